The van der Waals surface area contributed by atoms with E-state index in [1.54, 1.807) is 0 Å². The van der Waals surface area contributed by atoms with Gasteiger partial charge in [0, 0.05) is 0 Å². The van der Waals surface area contributed by atoms with Crippen LogP contribution in [0.3, 0.4) is 0 Å². The molecule has 6 heteroatoms. The summed E-state index contributed by atoms with van der Waals surface area (Å²) in [6.07, 6.45) is 0. The van der Waals surface area contributed by atoms with Crippen LogP contribution in [0.25, 0.3) is 0 Å². The number of hydrogen-bond donors (Lipinski definition) is 0. The van der Waals surface area contributed by atoms with Crippen LogP contribution in [0, 0.1) is 0 Å². The molecule has 0 fully saturated rings. The molecule has 0 bridgehead atoms. The maximum Gasteiger partial charge on any atom is 0.342 e. The Balaban J connectivity index is 3.47. The summed E-state index contributed by atoms with van der Waals surface area (Å²) in [6, 6.07) is 3.63. The number of halogens is 3. The molecule has 0 aromatic heterocycles. The Kier molecular flexibility index (Phi) is 5.27. The molecule has 0 unspecified atom stereocenters. The predicted molar refractivity (Wildman–Crippen MR) is 72.6 cm³/mol. The van der Waals surface area contributed by atoms with E-state index in [1.165, 1.54) is 14.2 Å². The van der Waals surface area contributed by atoms with Gasteiger partial charge in [-0.2, -0.15) is 0 Å². The summed E-state index contributed by atoms with van der Waals surface area (Å²) in [7, 11) is 2.84. The minimum Gasteiger partial charge on any atom is -0.495 e. The summed E-state index contributed by atoms with van der Waals surface area (Å²) in [5.74, 6) is 0.0327. The largest absolute Gasteiger partial charge is 0.495 e. The van der Waals surface area contributed by atoms with Gasteiger partial charge in [-0.15, -0.1) is 0 Å². The van der Waals surface area contributed by atoms with Crippen molar-refractivity contribution in [2.75, 3.05) is 14.2 Å². The lowest BCUT2D eigenvalue weighted by molar-refractivity contribution is 0.0596. The van der Waals surface area contributed by atoms with Crippen LogP contribution < -0.4 is 4.74 Å². The topological polar surface area (TPSA) is 35.5 Å². The van der Waals surface area contributed by atoms with Crippen molar-refractivity contribution in [3.05, 3.63) is 27.7 Å². The standard InChI is InChI=1S/C10H9Br3O3/c1-15-8-6(11)4-3-5(9(12)13)7(8)10(14)16-2/h3-4,9H,1-2H3. The van der Waals surface area contributed by atoms with E-state index >= 15 is 0 Å². The van der Waals surface area contributed by atoms with Crippen molar-refractivity contribution < 1.29 is 14.3 Å². The third-order valence-corrected chi connectivity index (χ3v) is 3.58. The first kappa shape index (κ1) is 14.0. The Bertz CT molecular complexity index is 405. The van der Waals surface area contributed by atoms with E-state index in [1.807, 2.05) is 12.1 Å². The molecule has 0 amide bonds. The summed E-state index contributed by atoms with van der Waals surface area (Å²) in [5.41, 5.74) is 1.16. The van der Waals surface area contributed by atoms with Gasteiger partial charge in [0.15, 0.2) is 0 Å². The molecule has 16 heavy (non-hydrogen) atoms. The highest BCUT2D eigenvalue weighted by Gasteiger charge is 2.23. The lowest BCUT2D eigenvalue weighted by Gasteiger charge is -2.14. The Morgan fingerprint density at radius 1 is 1.31 bits per heavy atom. The molecule has 3 nitrogen and oxygen atoms in total. The van der Waals surface area contributed by atoms with Crippen LogP contribution >= 0.6 is 47.8 Å². The van der Waals surface area contributed by atoms with E-state index in [0.717, 1.165) is 5.56 Å². The molecular formula is C10H9Br3O3. The number of carbonyl (C=O) groups is 1. The number of benzene rings is 1. The fraction of sp³-hybridized carbons (Fsp3) is 0.300. The van der Waals surface area contributed by atoms with Crippen molar-refractivity contribution in [3.63, 3.8) is 0 Å². The fourth-order valence-corrected chi connectivity index (χ4v) is 2.52. The van der Waals surface area contributed by atoms with Gasteiger partial charge in [0.05, 0.1) is 22.4 Å². The average Bonchev–Trinajstić information content (AvgIpc) is 2.27. The van der Waals surface area contributed by atoms with E-state index < -0.39 is 5.97 Å². The van der Waals surface area contributed by atoms with E-state index in [-0.39, 0.29) is 3.74 Å². The van der Waals surface area contributed by atoms with Gasteiger partial charge in [0.2, 0.25) is 0 Å². The average molecular weight is 417 g/mol. The monoisotopic (exact) mass is 414 g/mol. The van der Waals surface area contributed by atoms with Crippen LogP contribution in [0.2, 0.25) is 0 Å². The molecule has 1 rings (SSSR count). The third kappa shape index (κ3) is 2.78. The first-order valence-corrected chi connectivity index (χ1v) is 6.88. The van der Waals surface area contributed by atoms with E-state index in [4.69, 9.17) is 9.47 Å². The predicted octanol–water partition coefficient (Wildman–Crippen LogP) is 4.03. The van der Waals surface area contributed by atoms with Gasteiger partial charge in [-0.3, -0.25) is 0 Å². The van der Waals surface area contributed by atoms with Crippen LogP contribution in [0.1, 0.15) is 19.7 Å². The van der Waals surface area contributed by atoms with Gasteiger partial charge in [0.1, 0.15) is 11.3 Å². The lowest BCUT2D eigenvalue weighted by Crippen LogP contribution is -2.08. The maximum atomic E-state index is 11.7. The first-order chi connectivity index (χ1) is 7.52. The molecule has 1 aromatic rings. The summed E-state index contributed by atoms with van der Waals surface area (Å²) in [6.45, 7) is 0. The normalized spacial score (nSPS) is 10.4. The quantitative estimate of drug-likeness (QED) is 0.551. The number of esters is 1. The van der Waals surface area contributed by atoms with E-state index in [9.17, 15) is 4.79 Å². The number of rotatable bonds is 3. The first-order valence-electron chi connectivity index (χ1n) is 4.25. The highest BCUT2D eigenvalue weighted by Crippen LogP contribution is 2.39. The fourth-order valence-electron chi connectivity index (χ4n) is 1.27. The van der Waals surface area contributed by atoms with Gasteiger partial charge < -0.3 is 9.47 Å². The Labute approximate surface area is 119 Å². The van der Waals surface area contributed by atoms with Crippen LogP contribution in [-0.2, 0) is 4.74 Å². The van der Waals surface area contributed by atoms with Gasteiger partial charge in [-0.05, 0) is 27.6 Å². The van der Waals surface area contributed by atoms with Gasteiger partial charge in [-0.25, -0.2) is 4.79 Å². The highest BCUT2D eigenvalue weighted by molar-refractivity contribution is 9.24. The SMILES string of the molecule is COC(=O)c1c(C(Br)Br)ccc(Br)c1OC. The van der Waals surface area contributed by atoms with Crippen molar-refractivity contribution in [2.45, 2.75) is 3.74 Å². The molecule has 0 saturated heterocycles. The van der Waals surface area contributed by atoms with Gasteiger partial charge in [-0.1, -0.05) is 37.9 Å². The van der Waals surface area contributed by atoms with Crippen LogP contribution in [0.5, 0.6) is 5.75 Å². The van der Waals surface area contributed by atoms with Crippen molar-refractivity contribution in [1.82, 2.24) is 0 Å². The molecule has 0 aliphatic heterocycles. The number of ether oxygens (including phenoxy) is 2. The maximum absolute atomic E-state index is 11.7. The molecule has 88 valence electrons. The smallest absolute Gasteiger partial charge is 0.342 e. The molecule has 0 spiro atoms. The second-order valence-electron chi connectivity index (χ2n) is 2.84. The number of hydrogen-bond acceptors (Lipinski definition) is 3. The Morgan fingerprint density at radius 3 is 2.38 bits per heavy atom. The minimum absolute atomic E-state index is 0.143. The number of carbonyl (C=O) groups excluding carboxylic acids is 1. The van der Waals surface area contributed by atoms with Gasteiger partial charge in [0.25, 0.3) is 0 Å². The second-order valence-corrected chi connectivity index (χ2v) is 6.75. The molecule has 0 aliphatic carbocycles. The zero-order valence-electron chi connectivity index (χ0n) is 8.59. The van der Waals surface area contributed by atoms with Crippen LogP contribution in [0.15, 0.2) is 16.6 Å². The second kappa shape index (κ2) is 6.02. The summed E-state index contributed by atoms with van der Waals surface area (Å²) in [5, 5.41) is 0. The Morgan fingerprint density at radius 2 is 1.94 bits per heavy atom. The van der Waals surface area contributed by atoms with Crippen molar-refractivity contribution in [1.29, 1.82) is 0 Å². The molecule has 0 N–H and O–H groups in total. The molecule has 1 aromatic carbocycles. The molecule has 0 saturated carbocycles. The molecule has 0 atom stereocenters. The highest BCUT2D eigenvalue weighted by atomic mass is 79.9. The molecule has 0 heterocycles. The van der Waals surface area contributed by atoms with Gasteiger partial charge >= 0.3 is 5.97 Å². The van der Waals surface area contributed by atoms with Crippen molar-refractivity contribution >= 4 is 53.8 Å². The summed E-state index contributed by atoms with van der Waals surface area (Å²) in [4.78, 5) is 11.7. The van der Waals surface area contributed by atoms with E-state index in [0.29, 0.717) is 15.8 Å². The summed E-state index contributed by atoms with van der Waals surface area (Å²) < 4.78 is 10.5. The zero-order valence-corrected chi connectivity index (χ0v) is 13.3. The summed E-state index contributed by atoms with van der Waals surface area (Å²) >= 11 is 10.0. The number of methoxy groups -OCH3 is 2. The van der Waals surface area contributed by atoms with Crippen molar-refractivity contribution in [3.8, 4) is 5.75 Å². The molecule has 0 aliphatic rings. The van der Waals surface area contributed by atoms with Crippen LogP contribution in [-0.4, -0.2) is 20.2 Å². The zero-order chi connectivity index (χ0) is 12.3. The van der Waals surface area contributed by atoms with E-state index in [2.05, 4.69) is 47.8 Å². The van der Waals surface area contributed by atoms with Crippen molar-refractivity contribution in [2.24, 2.45) is 0 Å². The third-order valence-electron chi connectivity index (χ3n) is 1.97. The molecule has 0 radical (unpaired) electrons. The Hall–Kier alpha value is -0.0700. The lowest BCUT2D eigenvalue weighted by atomic mass is 10.1. The minimum atomic E-state index is -0.433. The number of alkyl halides is 2. The molecular weight excluding hydrogens is 408 g/mol. The van der Waals surface area contributed by atoms with Crippen LogP contribution in [0.4, 0.5) is 0 Å².